The maximum atomic E-state index is 9.84. The summed E-state index contributed by atoms with van der Waals surface area (Å²) in [4.78, 5) is 0. The maximum Gasteiger partial charge on any atom is -1.00 e. The molecule has 0 spiro atoms. The molecule has 0 heterocycles. The van der Waals surface area contributed by atoms with Gasteiger partial charge in [-0.15, -0.1) is 0 Å². The van der Waals surface area contributed by atoms with Gasteiger partial charge in [-0.25, -0.2) is 0 Å². The molecule has 0 saturated heterocycles. The van der Waals surface area contributed by atoms with E-state index in [0.717, 1.165) is 6.42 Å². The van der Waals surface area contributed by atoms with Crippen LogP contribution >= 0.6 is 8.16 Å². The number of benzene rings is 2. The molecular formula is C15H16F6P-. The minimum atomic E-state index is -8.55. The zero-order valence-corrected chi connectivity index (χ0v) is 12.9. The van der Waals surface area contributed by atoms with E-state index in [2.05, 4.69) is 62.4 Å². The molecule has 0 atom stereocenters. The summed E-state index contributed by atoms with van der Waals surface area (Å²) in [6.45, 7) is 4.30. The van der Waals surface area contributed by atoms with Crippen LogP contribution in [0.5, 0.6) is 0 Å². The smallest absolute Gasteiger partial charge is 1.00 e. The van der Waals surface area contributed by atoms with Gasteiger partial charge in [0.1, 0.15) is 0 Å². The monoisotopic (exact) mass is 341 g/mol. The van der Waals surface area contributed by atoms with E-state index < -0.39 is 8.16 Å². The van der Waals surface area contributed by atoms with Gasteiger partial charge in [-0.05, 0) is 30.0 Å². The molecule has 2 rings (SSSR count). The summed E-state index contributed by atoms with van der Waals surface area (Å²) in [6.07, 6.45) is 1.11. The van der Waals surface area contributed by atoms with Gasteiger partial charge in [-0.1, -0.05) is 61.0 Å². The Bertz CT molecular complexity index is 553. The van der Waals surface area contributed by atoms with E-state index in [0.29, 0.717) is 0 Å². The minimum absolute atomic E-state index is 0. The predicted octanol–water partition coefficient (Wildman–Crippen LogP) is 4.19. The minimum Gasteiger partial charge on any atom is -1.00 e. The van der Waals surface area contributed by atoms with Crippen molar-refractivity contribution in [2.75, 3.05) is 0 Å². The van der Waals surface area contributed by atoms with Gasteiger partial charge in [-0.3, -0.25) is 0 Å². The Balaban J connectivity index is 0.000000546. The first-order chi connectivity index (χ1) is 9.53. The van der Waals surface area contributed by atoms with Gasteiger partial charge in [0.15, 0.2) is 0 Å². The van der Waals surface area contributed by atoms with E-state index in [9.17, 15) is 21.0 Å². The molecular weight excluding hydrogens is 325 g/mol. The van der Waals surface area contributed by atoms with Crippen molar-refractivity contribution in [2.24, 2.45) is 0 Å². The van der Waals surface area contributed by atoms with Crippen LogP contribution in [-0.2, 0) is 6.42 Å². The van der Waals surface area contributed by atoms with Gasteiger partial charge >= 0.3 is 29.1 Å². The third-order valence-electron chi connectivity index (χ3n) is 2.75. The molecule has 0 saturated carbocycles. The molecule has 2 aromatic rings. The molecule has 0 N–H and O–H groups in total. The Morgan fingerprint density at radius 3 is 1.36 bits per heavy atom. The molecule has 0 fully saturated rings. The van der Waals surface area contributed by atoms with E-state index in [1.807, 2.05) is 0 Å². The number of rotatable bonds is 2. The van der Waals surface area contributed by atoms with Gasteiger partial charge in [0.2, 0.25) is 0 Å². The van der Waals surface area contributed by atoms with E-state index >= 15 is 0 Å². The van der Waals surface area contributed by atoms with E-state index in [4.69, 9.17) is 0 Å². The fourth-order valence-corrected chi connectivity index (χ4v) is 1.68. The van der Waals surface area contributed by atoms with Gasteiger partial charge in [-0.2, -0.15) is 0 Å². The summed E-state index contributed by atoms with van der Waals surface area (Å²) in [6, 6.07) is 17.5. The average Bonchev–Trinajstić information content (AvgIpc) is 2.37. The Labute approximate surface area is 125 Å². The second kappa shape index (κ2) is 7.63. The zero-order chi connectivity index (χ0) is 16.1. The zero-order valence-electron chi connectivity index (χ0n) is 12.0. The molecule has 0 aromatic heterocycles. The van der Waals surface area contributed by atoms with Crippen LogP contribution in [0.1, 0.15) is 18.1 Å². The molecule has 124 valence electrons. The van der Waals surface area contributed by atoms with Crippen LogP contribution in [0.4, 0.5) is 21.0 Å². The Morgan fingerprint density at radius 1 is 0.727 bits per heavy atom. The third-order valence-corrected chi connectivity index (χ3v) is 2.75. The van der Waals surface area contributed by atoms with Crippen LogP contribution in [0.3, 0.4) is 0 Å². The molecule has 0 aliphatic heterocycles. The van der Waals surface area contributed by atoms with Crippen LogP contribution in [0, 0.1) is 6.92 Å². The summed E-state index contributed by atoms with van der Waals surface area (Å²) >= 11 is 0. The summed E-state index contributed by atoms with van der Waals surface area (Å²) < 4.78 is 49.2. The molecule has 0 nitrogen and oxygen atoms in total. The molecule has 22 heavy (non-hydrogen) atoms. The molecule has 0 radical (unpaired) electrons. The standard InChI is InChI=1S/C15H16.F5P.FH/c1-3-13-6-10-15(11-7-13)14-8-4-12(2)5-9-14;1-6(2,3,4)5;/h4-11H,3H2,1-2H3;;1H/p-1. The average molecular weight is 341 g/mol. The molecule has 2 aromatic carbocycles. The summed E-state index contributed by atoms with van der Waals surface area (Å²) in [5.41, 5.74) is 5.30. The quantitative estimate of drug-likeness (QED) is 0.568. The summed E-state index contributed by atoms with van der Waals surface area (Å²) in [5, 5.41) is 0. The second-order valence-electron chi connectivity index (χ2n) is 4.56. The van der Waals surface area contributed by atoms with Crippen molar-refractivity contribution in [3.8, 4) is 11.1 Å². The topological polar surface area (TPSA) is 0 Å². The van der Waals surface area contributed by atoms with Gasteiger partial charge in [0.05, 0.1) is 0 Å². The number of aryl methyl sites for hydroxylation is 2. The predicted molar refractivity (Wildman–Crippen MR) is 78.5 cm³/mol. The first kappa shape index (κ1) is 20.5. The van der Waals surface area contributed by atoms with Crippen molar-refractivity contribution in [1.29, 1.82) is 0 Å². The molecule has 7 heteroatoms. The Morgan fingerprint density at radius 2 is 1.05 bits per heavy atom. The fourth-order valence-electron chi connectivity index (χ4n) is 1.68. The van der Waals surface area contributed by atoms with Crippen LogP contribution < -0.4 is 4.70 Å². The largest absolute Gasteiger partial charge is 1.00 e. The van der Waals surface area contributed by atoms with Crippen molar-refractivity contribution in [2.45, 2.75) is 20.3 Å². The summed E-state index contributed by atoms with van der Waals surface area (Å²) in [5.74, 6) is 0. The molecule has 0 aliphatic rings. The SMILES string of the molecule is CCc1ccc(-c2ccc(C)cc2)cc1.FP(F)(F)(F)F.[F-]. The fraction of sp³-hybridized carbons (Fsp3) is 0.200. The Kier molecular flexibility index (Phi) is 7.10. The van der Waals surface area contributed by atoms with Crippen molar-refractivity contribution < 1.29 is 25.7 Å². The van der Waals surface area contributed by atoms with Crippen molar-refractivity contribution in [1.82, 2.24) is 0 Å². The summed E-state index contributed by atoms with van der Waals surface area (Å²) in [7, 11) is -8.55. The van der Waals surface area contributed by atoms with Crippen LogP contribution in [-0.4, -0.2) is 0 Å². The molecule has 0 bridgehead atoms. The molecule has 0 unspecified atom stereocenters. The van der Waals surface area contributed by atoms with E-state index in [1.54, 1.807) is 0 Å². The number of hydrogen-bond donors (Lipinski definition) is 0. The van der Waals surface area contributed by atoms with Crippen LogP contribution in [0.15, 0.2) is 48.5 Å². The molecule has 0 aliphatic carbocycles. The first-order valence-electron chi connectivity index (χ1n) is 6.30. The third kappa shape index (κ3) is 9.40. The van der Waals surface area contributed by atoms with Gasteiger partial charge in [0.25, 0.3) is 0 Å². The van der Waals surface area contributed by atoms with Gasteiger partial charge < -0.3 is 4.70 Å². The Hall–Kier alpha value is -1.55. The second-order valence-corrected chi connectivity index (χ2v) is 5.83. The maximum absolute atomic E-state index is 9.84. The van der Waals surface area contributed by atoms with E-state index in [-0.39, 0.29) is 4.70 Å². The van der Waals surface area contributed by atoms with Crippen molar-refractivity contribution in [3.05, 3.63) is 59.7 Å². The number of halogens is 6. The first-order valence-corrected chi connectivity index (χ1v) is 7.99. The van der Waals surface area contributed by atoms with Crippen LogP contribution in [0.25, 0.3) is 11.1 Å². The van der Waals surface area contributed by atoms with E-state index in [1.165, 1.54) is 22.3 Å². The van der Waals surface area contributed by atoms with Crippen molar-refractivity contribution >= 4 is 8.16 Å². The van der Waals surface area contributed by atoms with Crippen LogP contribution in [0.2, 0.25) is 0 Å². The van der Waals surface area contributed by atoms with Crippen molar-refractivity contribution in [3.63, 3.8) is 0 Å². The molecule has 0 amide bonds. The number of hydrogen-bond acceptors (Lipinski definition) is 0. The van der Waals surface area contributed by atoms with Gasteiger partial charge in [0, 0.05) is 0 Å². The normalized spacial score (nSPS) is 12.2.